The Balaban J connectivity index is 2.04. The molecule has 0 spiro atoms. The number of ether oxygens (including phenoxy) is 1. The summed E-state index contributed by atoms with van der Waals surface area (Å²) in [6.07, 6.45) is 1.91. The molecular formula is C32H41N3O5S2. The van der Waals surface area contributed by atoms with Crippen LogP contribution in [0, 0.1) is 6.92 Å². The SMILES string of the molecule is CCOc1ccc(N(CC(=O)N(Cc2ccc(C)cc2)[C@H](C)C(=O)NC(C)(C)C)S(=O)(=O)c2ccc(SC)cc2)cc1. The van der Waals surface area contributed by atoms with Crippen LogP contribution in [0.2, 0.25) is 0 Å². The Labute approximate surface area is 254 Å². The quantitative estimate of drug-likeness (QED) is 0.266. The monoisotopic (exact) mass is 611 g/mol. The number of carbonyl (C=O) groups excluding carboxylic acids is 2. The highest BCUT2D eigenvalue weighted by atomic mass is 32.2. The lowest BCUT2D eigenvalue weighted by molar-refractivity contribution is -0.140. The first-order chi connectivity index (χ1) is 19.7. The summed E-state index contributed by atoms with van der Waals surface area (Å²) in [5.41, 5.74) is 1.69. The molecule has 0 saturated carbocycles. The van der Waals surface area contributed by atoms with Crippen molar-refractivity contribution in [2.24, 2.45) is 0 Å². The van der Waals surface area contributed by atoms with Crippen LogP contribution in [-0.2, 0) is 26.2 Å². The largest absolute Gasteiger partial charge is 0.494 e. The zero-order valence-corrected chi connectivity index (χ0v) is 27.0. The van der Waals surface area contributed by atoms with Crippen LogP contribution in [0.3, 0.4) is 0 Å². The van der Waals surface area contributed by atoms with E-state index in [1.807, 2.05) is 65.1 Å². The zero-order chi connectivity index (χ0) is 31.1. The van der Waals surface area contributed by atoms with Crippen molar-refractivity contribution in [3.05, 3.63) is 83.9 Å². The highest BCUT2D eigenvalue weighted by Crippen LogP contribution is 2.28. The van der Waals surface area contributed by atoms with Gasteiger partial charge in [0, 0.05) is 17.0 Å². The van der Waals surface area contributed by atoms with Gasteiger partial charge in [-0.25, -0.2) is 8.42 Å². The number of aryl methyl sites for hydroxylation is 1. The Morgan fingerprint density at radius 2 is 1.55 bits per heavy atom. The topological polar surface area (TPSA) is 96.0 Å². The van der Waals surface area contributed by atoms with Gasteiger partial charge in [-0.05, 0) is 102 Å². The van der Waals surface area contributed by atoms with Gasteiger partial charge in [-0.15, -0.1) is 11.8 Å². The van der Waals surface area contributed by atoms with Gasteiger partial charge in [0.1, 0.15) is 18.3 Å². The van der Waals surface area contributed by atoms with Gasteiger partial charge in [-0.3, -0.25) is 13.9 Å². The van der Waals surface area contributed by atoms with E-state index in [-0.39, 0.29) is 17.3 Å². The van der Waals surface area contributed by atoms with E-state index in [0.717, 1.165) is 20.3 Å². The van der Waals surface area contributed by atoms with E-state index in [1.165, 1.54) is 28.8 Å². The lowest BCUT2D eigenvalue weighted by atomic mass is 10.1. The molecule has 0 fully saturated rings. The van der Waals surface area contributed by atoms with E-state index in [1.54, 1.807) is 43.3 Å². The van der Waals surface area contributed by atoms with E-state index in [0.29, 0.717) is 18.0 Å². The zero-order valence-electron chi connectivity index (χ0n) is 25.4. The van der Waals surface area contributed by atoms with Gasteiger partial charge in [0.15, 0.2) is 0 Å². The Bertz CT molecular complexity index is 1450. The molecule has 0 aliphatic heterocycles. The molecule has 2 amide bonds. The number of rotatable bonds is 12. The summed E-state index contributed by atoms with van der Waals surface area (Å²) >= 11 is 1.50. The lowest BCUT2D eigenvalue weighted by Crippen LogP contribution is -2.54. The molecule has 0 unspecified atom stereocenters. The molecule has 0 radical (unpaired) electrons. The van der Waals surface area contributed by atoms with Crippen molar-refractivity contribution in [3.63, 3.8) is 0 Å². The first-order valence-electron chi connectivity index (χ1n) is 13.8. The number of thioether (sulfide) groups is 1. The third kappa shape index (κ3) is 8.75. The van der Waals surface area contributed by atoms with Gasteiger partial charge in [-0.1, -0.05) is 29.8 Å². The summed E-state index contributed by atoms with van der Waals surface area (Å²) in [4.78, 5) is 29.7. The summed E-state index contributed by atoms with van der Waals surface area (Å²) < 4.78 is 34.7. The van der Waals surface area contributed by atoms with Gasteiger partial charge >= 0.3 is 0 Å². The molecule has 0 saturated heterocycles. The van der Waals surface area contributed by atoms with Crippen molar-refractivity contribution in [2.45, 2.75) is 69.5 Å². The number of amides is 2. The van der Waals surface area contributed by atoms with Crippen molar-refractivity contribution in [3.8, 4) is 5.75 Å². The highest BCUT2D eigenvalue weighted by molar-refractivity contribution is 7.98. The predicted molar refractivity (Wildman–Crippen MR) is 169 cm³/mol. The smallest absolute Gasteiger partial charge is 0.264 e. The van der Waals surface area contributed by atoms with Gasteiger partial charge < -0.3 is 15.0 Å². The van der Waals surface area contributed by atoms with Crippen LogP contribution in [0.15, 0.2) is 82.6 Å². The molecule has 3 rings (SSSR count). The molecule has 0 aromatic heterocycles. The average molecular weight is 612 g/mol. The number of hydrogen-bond donors (Lipinski definition) is 1. The second-order valence-electron chi connectivity index (χ2n) is 11.0. The van der Waals surface area contributed by atoms with Gasteiger partial charge in [0.05, 0.1) is 17.2 Å². The number of carbonyl (C=O) groups is 2. The minimum Gasteiger partial charge on any atom is -0.494 e. The molecule has 10 heteroatoms. The Hall–Kier alpha value is -3.50. The summed E-state index contributed by atoms with van der Waals surface area (Å²) in [6.45, 7) is 11.2. The van der Waals surface area contributed by atoms with Gasteiger partial charge in [-0.2, -0.15) is 0 Å². The molecule has 3 aromatic rings. The van der Waals surface area contributed by atoms with E-state index < -0.39 is 34.1 Å². The highest BCUT2D eigenvalue weighted by Gasteiger charge is 2.33. The summed E-state index contributed by atoms with van der Waals surface area (Å²) in [5.74, 6) is -0.251. The lowest BCUT2D eigenvalue weighted by Gasteiger charge is -2.33. The third-order valence-electron chi connectivity index (χ3n) is 6.50. The van der Waals surface area contributed by atoms with Gasteiger partial charge in [0.2, 0.25) is 11.8 Å². The second kappa shape index (κ2) is 14.1. The summed E-state index contributed by atoms with van der Waals surface area (Å²) in [6, 6.07) is 19.9. The number of hydrogen-bond acceptors (Lipinski definition) is 6. The first-order valence-corrected chi connectivity index (χ1v) is 16.5. The number of benzene rings is 3. The molecule has 0 bridgehead atoms. The van der Waals surface area contributed by atoms with Gasteiger partial charge in [0.25, 0.3) is 10.0 Å². The molecular weight excluding hydrogens is 571 g/mol. The Morgan fingerprint density at radius 1 is 0.952 bits per heavy atom. The molecule has 1 N–H and O–H groups in total. The van der Waals surface area contributed by atoms with E-state index in [4.69, 9.17) is 4.74 Å². The molecule has 42 heavy (non-hydrogen) atoms. The van der Waals surface area contributed by atoms with E-state index >= 15 is 0 Å². The normalized spacial score (nSPS) is 12.4. The van der Waals surface area contributed by atoms with Crippen molar-refractivity contribution < 1.29 is 22.7 Å². The fourth-order valence-electron chi connectivity index (χ4n) is 4.23. The van der Waals surface area contributed by atoms with E-state index in [2.05, 4.69) is 5.32 Å². The maximum Gasteiger partial charge on any atom is 0.264 e. The van der Waals surface area contributed by atoms with Crippen LogP contribution in [0.25, 0.3) is 0 Å². The van der Waals surface area contributed by atoms with Crippen LogP contribution < -0.4 is 14.4 Å². The minimum atomic E-state index is -4.15. The van der Waals surface area contributed by atoms with Crippen LogP contribution >= 0.6 is 11.8 Å². The summed E-state index contributed by atoms with van der Waals surface area (Å²) in [7, 11) is -4.15. The number of anilines is 1. The third-order valence-corrected chi connectivity index (χ3v) is 9.03. The molecule has 0 heterocycles. The molecule has 3 aromatic carbocycles. The van der Waals surface area contributed by atoms with Crippen molar-refractivity contribution in [1.29, 1.82) is 0 Å². The molecule has 226 valence electrons. The van der Waals surface area contributed by atoms with Crippen LogP contribution in [0.1, 0.15) is 45.7 Å². The number of nitrogens with zero attached hydrogens (tertiary/aromatic N) is 2. The fourth-order valence-corrected chi connectivity index (χ4v) is 6.05. The standard InChI is InChI=1S/C32H41N3O5S2/c1-8-40-27-15-13-26(14-16-27)35(42(38,39)29-19-17-28(41-7)18-20-29)22-30(36)34(21-25-11-9-23(2)10-12-25)24(3)31(37)33-32(4,5)6/h9-20,24H,8,21-22H2,1-7H3,(H,33,37)/t24-/m1/s1. The predicted octanol–water partition coefficient (Wildman–Crippen LogP) is 5.64. The van der Waals surface area contributed by atoms with E-state index in [9.17, 15) is 18.0 Å². The molecule has 0 aliphatic carbocycles. The molecule has 8 nitrogen and oxygen atoms in total. The van der Waals surface area contributed by atoms with Crippen LogP contribution in [0.4, 0.5) is 5.69 Å². The summed E-state index contributed by atoms with van der Waals surface area (Å²) in [5, 5.41) is 2.94. The average Bonchev–Trinajstić information content (AvgIpc) is 2.95. The van der Waals surface area contributed by atoms with Crippen LogP contribution in [-0.4, -0.2) is 56.1 Å². The molecule has 1 atom stereocenters. The van der Waals surface area contributed by atoms with Crippen molar-refractivity contribution >= 4 is 39.3 Å². The van der Waals surface area contributed by atoms with Crippen molar-refractivity contribution in [2.75, 3.05) is 23.7 Å². The Kier molecular flexibility index (Phi) is 11.1. The molecule has 0 aliphatic rings. The first kappa shape index (κ1) is 33.0. The number of nitrogens with one attached hydrogen (secondary N) is 1. The maximum atomic E-state index is 14.1. The van der Waals surface area contributed by atoms with Crippen LogP contribution in [0.5, 0.6) is 5.75 Å². The minimum absolute atomic E-state index is 0.0607. The number of sulfonamides is 1. The Morgan fingerprint density at radius 3 is 2.07 bits per heavy atom. The fraction of sp³-hybridized carbons (Fsp3) is 0.375. The van der Waals surface area contributed by atoms with Crippen molar-refractivity contribution in [1.82, 2.24) is 10.2 Å². The maximum absolute atomic E-state index is 14.1. The second-order valence-corrected chi connectivity index (χ2v) is 13.8.